The van der Waals surface area contributed by atoms with E-state index in [1.165, 1.54) is 27.5 Å². The fourth-order valence-electron chi connectivity index (χ4n) is 4.81. The molecule has 30 heavy (non-hydrogen) atoms. The van der Waals surface area contributed by atoms with E-state index in [1.807, 2.05) is 0 Å². The predicted molar refractivity (Wildman–Crippen MR) is 121 cm³/mol. The van der Waals surface area contributed by atoms with Gasteiger partial charge >= 0.3 is 0 Å². The molecular weight excluding hydrogens is 372 g/mol. The van der Waals surface area contributed by atoms with Crippen LogP contribution in [-0.4, -0.2) is 13.4 Å². The molecule has 2 atom stereocenters. The van der Waals surface area contributed by atoms with Crippen molar-refractivity contribution in [3.8, 4) is 5.75 Å². The molecule has 0 amide bonds. The molecule has 0 saturated carbocycles. The minimum absolute atomic E-state index is 0.00594. The Morgan fingerprint density at radius 3 is 2.70 bits per heavy atom. The molecule has 0 aliphatic heterocycles. The van der Waals surface area contributed by atoms with Gasteiger partial charge in [-0.3, -0.25) is 4.79 Å². The Morgan fingerprint density at radius 1 is 1.17 bits per heavy atom. The van der Waals surface area contributed by atoms with E-state index in [2.05, 4.69) is 69.0 Å². The van der Waals surface area contributed by atoms with Gasteiger partial charge in [0.1, 0.15) is 18.6 Å². The number of aryl methyl sites for hydroxylation is 1. The lowest BCUT2D eigenvalue weighted by Crippen LogP contribution is -2.26. The number of benzene rings is 3. The number of ether oxygens (including phenoxy) is 2. The molecule has 1 aliphatic rings. The molecule has 1 aliphatic carbocycles. The van der Waals surface area contributed by atoms with Crippen LogP contribution >= 0.6 is 0 Å². The molecule has 154 valence electrons. The van der Waals surface area contributed by atoms with Gasteiger partial charge in [-0.2, -0.15) is 0 Å². The van der Waals surface area contributed by atoms with Gasteiger partial charge in [0.05, 0.1) is 6.10 Å². The molecule has 0 saturated heterocycles. The summed E-state index contributed by atoms with van der Waals surface area (Å²) < 4.78 is 12.2. The minimum Gasteiger partial charge on any atom is -0.489 e. The Balaban J connectivity index is 1.70. The van der Waals surface area contributed by atoms with Crippen molar-refractivity contribution < 1.29 is 14.3 Å². The molecule has 0 N–H and O–H groups in total. The fourth-order valence-corrected chi connectivity index (χ4v) is 4.81. The summed E-state index contributed by atoms with van der Waals surface area (Å²) in [6.45, 7) is 8.69. The highest BCUT2D eigenvalue weighted by Crippen LogP contribution is 2.45. The number of hydrogen-bond acceptors (Lipinski definition) is 3. The van der Waals surface area contributed by atoms with Crippen molar-refractivity contribution >= 4 is 17.1 Å². The average molecular weight is 401 g/mol. The number of fused-ring (bicyclic) bond motifs is 2. The van der Waals surface area contributed by atoms with Crippen molar-refractivity contribution in [1.82, 2.24) is 0 Å². The van der Waals surface area contributed by atoms with Gasteiger partial charge in [0.2, 0.25) is 0 Å². The smallest absolute Gasteiger partial charge is 0.145 e. The second-order valence-corrected chi connectivity index (χ2v) is 8.13. The molecule has 0 bridgehead atoms. The van der Waals surface area contributed by atoms with E-state index in [0.29, 0.717) is 12.2 Å². The molecule has 3 aromatic rings. The van der Waals surface area contributed by atoms with Crippen LogP contribution in [0.1, 0.15) is 40.3 Å². The highest BCUT2D eigenvalue weighted by molar-refractivity contribution is 5.85. The Bertz CT molecular complexity index is 1110. The first-order chi connectivity index (χ1) is 14.5. The van der Waals surface area contributed by atoms with E-state index in [1.54, 1.807) is 7.11 Å². The van der Waals surface area contributed by atoms with Crippen molar-refractivity contribution in [1.29, 1.82) is 0 Å². The largest absolute Gasteiger partial charge is 0.489 e. The Kier molecular flexibility index (Phi) is 5.74. The van der Waals surface area contributed by atoms with Gasteiger partial charge in [0, 0.05) is 13.0 Å². The minimum atomic E-state index is -0.175. The summed E-state index contributed by atoms with van der Waals surface area (Å²) in [7, 11) is 1.71. The maximum absolute atomic E-state index is 11.4. The second-order valence-electron chi connectivity index (χ2n) is 8.13. The lowest BCUT2D eigenvalue weighted by Gasteiger charge is -2.35. The topological polar surface area (TPSA) is 35.5 Å². The Labute approximate surface area is 178 Å². The SMILES string of the molecule is C=C(C=O)[C@@H]1CCc2c(C)cc(OCc3cccc4ccccc34)c(C)c2[C@@H]1OC. The lowest BCUT2D eigenvalue weighted by atomic mass is 9.75. The third kappa shape index (κ3) is 3.54. The van der Waals surface area contributed by atoms with Crippen molar-refractivity contribution in [3.05, 3.63) is 88.5 Å². The summed E-state index contributed by atoms with van der Waals surface area (Å²) >= 11 is 0. The average Bonchev–Trinajstić information content (AvgIpc) is 2.78. The van der Waals surface area contributed by atoms with E-state index in [4.69, 9.17) is 9.47 Å². The lowest BCUT2D eigenvalue weighted by molar-refractivity contribution is -0.106. The van der Waals surface area contributed by atoms with Crippen LogP contribution in [0.5, 0.6) is 5.75 Å². The summed E-state index contributed by atoms with van der Waals surface area (Å²) in [5.74, 6) is 0.880. The first-order valence-electron chi connectivity index (χ1n) is 10.4. The number of rotatable bonds is 6. The van der Waals surface area contributed by atoms with Crippen LogP contribution in [0.2, 0.25) is 0 Å². The standard InChI is InChI=1S/C27H28O3/c1-17-14-25(30-16-21-10-7-9-20-8-5-6-11-24(20)21)19(3)26-22(17)12-13-23(18(2)15-28)27(26)29-4/h5-11,14-15,23,27H,2,12-13,16H2,1,3-4H3/t23-,27+/m0/s1. The number of carbonyl (C=O) groups is 1. The maximum Gasteiger partial charge on any atom is 0.145 e. The van der Waals surface area contributed by atoms with Gasteiger partial charge in [-0.1, -0.05) is 49.0 Å². The fraction of sp³-hybridized carbons (Fsp3) is 0.296. The third-order valence-electron chi connectivity index (χ3n) is 6.42. The molecular formula is C27H28O3. The molecule has 0 heterocycles. The molecule has 0 unspecified atom stereocenters. The van der Waals surface area contributed by atoms with Crippen LogP contribution in [0.25, 0.3) is 10.8 Å². The number of hydrogen-bond donors (Lipinski definition) is 0. The molecule has 0 fully saturated rings. The molecule has 0 aromatic heterocycles. The number of aldehydes is 1. The second kappa shape index (κ2) is 8.45. The van der Waals surface area contributed by atoms with E-state index in [0.717, 1.165) is 36.0 Å². The maximum atomic E-state index is 11.4. The molecule has 0 radical (unpaired) electrons. The van der Waals surface area contributed by atoms with Crippen molar-refractivity contribution in [3.63, 3.8) is 0 Å². The predicted octanol–water partition coefficient (Wildman–Crippen LogP) is 6.04. The highest BCUT2D eigenvalue weighted by Gasteiger charge is 2.34. The number of methoxy groups -OCH3 is 1. The van der Waals surface area contributed by atoms with Crippen LogP contribution in [0.4, 0.5) is 0 Å². The monoisotopic (exact) mass is 400 g/mol. The van der Waals surface area contributed by atoms with Crippen LogP contribution in [-0.2, 0) is 22.6 Å². The zero-order chi connectivity index (χ0) is 21.3. The third-order valence-corrected chi connectivity index (χ3v) is 6.42. The van der Waals surface area contributed by atoms with Gasteiger partial charge < -0.3 is 9.47 Å². The summed E-state index contributed by atoms with van der Waals surface area (Å²) in [6, 6.07) is 16.8. The van der Waals surface area contributed by atoms with Crippen LogP contribution in [0.3, 0.4) is 0 Å². The van der Waals surface area contributed by atoms with E-state index < -0.39 is 0 Å². The van der Waals surface area contributed by atoms with E-state index in [9.17, 15) is 4.79 Å². The van der Waals surface area contributed by atoms with Gasteiger partial charge in [-0.05, 0) is 76.9 Å². The summed E-state index contributed by atoms with van der Waals surface area (Å²) in [6.07, 6.45) is 2.49. The van der Waals surface area contributed by atoms with Gasteiger partial charge in [0.25, 0.3) is 0 Å². The van der Waals surface area contributed by atoms with E-state index in [-0.39, 0.29) is 12.0 Å². The first kappa shape index (κ1) is 20.4. The van der Waals surface area contributed by atoms with Gasteiger partial charge in [0.15, 0.2) is 0 Å². The van der Waals surface area contributed by atoms with Crippen LogP contribution in [0, 0.1) is 19.8 Å². The summed E-state index contributed by atoms with van der Waals surface area (Å²) in [5, 5.41) is 2.43. The zero-order valence-electron chi connectivity index (χ0n) is 17.9. The van der Waals surface area contributed by atoms with E-state index >= 15 is 0 Å². The Morgan fingerprint density at radius 2 is 1.93 bits per heavy atom. The molecule has 3 heteroatoms. The van der Waals surface area contributed by atoms with Gasteiger partial charge in [-0.25, -0.2) is 0 Å². The van der Waals surface area contributed by atoms with Crippen molar-refractivity contribution in [2.75, 3.05) is 7.11 Å². The van der Waals surface area contributed by atoms with Crippen LogP contribution < -0.4 is 4.74 Å². The first-order valence-corrected chi connectivity index (χ1v) is 10.4. The van der Waals surface area contributed by atoms with Crippen LogP contribution in [0.15, 0.2) is 60.7 Å². The zero-order valence-corrected chi connectivity index (χ0v) is 17.9. The molecule has 0 spiro atoms. The summed E-state index contributed by atoms with van der Waals surface area (Å²) in [4.78, 5) is 11.4. The summed E-state index contributed by atoms with van der Waals surface area (Å²) in [5.41, 5.74) is 6.54. The van der Waals surface area contributed by atoms with Gasteiger partial charge in [-0.15, -0.1) is 0 Å². The molecule has 4 rings (SSSR count). The normalized spacial score (nSPS) is 18.1. The highest BCUT2D eigenvalue weighted by atomic mass is 16.5. The number of carbonyl (C=O) groups excluding carboxylic acids is 1. The quantitative estimate of drug-likeness (QED) is 0.374. The Hall–Kier alpha value is -2.91. The van der Waals surface area contributed by atoms with Crippen molar-refractivity contribution in [2.24, 2.45) is 5.92 Å². The van der Waals surface area contributed by atoms with Crippen molar-refractivity contribution in [2.45, 2.75) is 39.4 Å². The molecule has 3 nitrogen and oxygen atoms in total. The molecule has 3 aromatic carbocycles.